The number of pyridine rings is 1. The van der Waals surface area contributed by atoms with Crippen molar-refractivity contribution in [3.63, 3.8) is 0 Å². The minimum atomic E-state index is 0.0843. The number of aryl methyl sites for hydroxylation is 1. The molecule has 1 aromatic rings. The molecule has 0 aromatic carbocycles. The van der Waals surface area contributed by atoms with E-state index in [1.165, 1.54) is 0 Å². The molecule has 0 aliphatic rings. The monoisotopic (exact) mass is 239 g/mol. The molecular formula is C12H21N3O2. The van der Waals surface area contributed by atoms with Crippen LogP contribution in [0, 0.1) is 6.92 Å². The van der Waals surface area contributed by atoms with Crippen LogP contribution in [0.25, 0.3) is 0 Å². The highest BCUT2D eigenvalue weighted by Crippen LogP contribution is 1.90. The molecule has 0 bridgehead atoms. The molecule has 0 saturated heterocycles. The molecule has 0 radical (unpaired) electrons. The Morgan fingerprint density at radius 1 is 1.29 bits per heavy atom. The summed E-state index contributed by atoms with van der Waals surface area (Å²) in [5.41, 5.74) is 1.74. The normalized spacial score (nSPS) is 10.7. The van der Waals surface area contributed by atoms with Crippen molar-refractivity contribution in [3.05, 3.63) is 33.7 Å². The van der Waals surface area contributed by atoms with Gasteiger partial charge in [0.2, 0.25) is 0 Å². The third kappa shape index (κ3) is 5.63. The zero-order valence-corrected chi connectivity index (χ0v) is 10.5. The summed E-state index contributed by atoms with van der Waals surface area (Å²) in [6, 6.07) is 1.62. The molecule has 0 spiro atoms. The molecule has 0 aliphatic carbocycles. The van der Waals surface area contributed by atoms with Gasteiger partial charge in [0.05, 0.1) is 6.61 Å². The molecule has 0 atom stereocenters. The van der Waals surface area contributed by atoms with Gasteiger partial charge >= 0.3 is 0 Å². The van der Waals surface area contributed by atoms with Gasteiger partial charge in [-0.05, 0) is 6.92 Å². The van der Waals surface area contributed by atoms with Crippen LogP contribution in [0.2, 0.25) is 0 Å². The predicted molar refractivity (Wildman–Crippen MR) is 68.3 cm³/mol. The van der Waals surface area contributed by atoms with Crippen LogP contribution in [0.5, 0.6) is 0 Å². The smallest absolute Gasteiger partial charge is 0.186 e. The molecule has 0 saturated carbocycles. The highest BCUT2D eigenvalue weighted by Gasteiger charge is 1.98. The van der Waals surface area contributed by atoms with E-state index in [1.54, 1.807) is 19.4 Å². The lowest BCUT2D eigenvalue weighted by atomic mass is 10.2. The van der Waals surface area contributed by atoms with Gasteiger partial charge in [-0.3, -0.25) is 4.79 Å². The van der Waals surface area contributed by atoms with Crippen LogP contribution in [0.1, 0.15) is 11.3 Å². The molecule has 96 valence electrons. The first-order chi connectivity index (χ1) is 8.24. The van der Waals surface area contributed by atoms with Crippen LogP contribution in [-0.2, 0) is 11.3 Å². The Balaban J connectivity index is 2.16. The van der Waals surface area contributed by atoms with Gasteiger partial charge in [-0.25, -0.2) is 0 Å². The summed E-state index contributed by atoms with van der Waals surface area (Å²) in [5, 5.41) is 6.44. The lowest BCUT2D eigenvalue weighted by Gasteiger charge is -2.06. The van der Waals surface area contributed by atoms with Gasteiger partial charge in [0.1, 0.15) is 0 Å². The SMILES string of the molecule is COCCNCCNCc1c[nH]c(C)cc1=O. The fourth-order valence-electron chi connectivity index (χ4n) is 1.44. The molecule has 1 heterocycles. The fraction of sp³-hybridized carbons (Fsp3) is 0.583. The van der Waals surface area contributed by atoms with Gasteiger partial charge in [-0.2, -0.15) is 0 Å². The standard InChI is InChI=1S/C12H21N3O2/c1-10-7-12(16)11(9-15-10)8-14-4-3-13-5-6-17-2/h7,9,13-14H,3-6,8H2,1-2H3,(H,15,16). The van der Waals surface area contributed by atoms with Crippen LogP contribution in [0.4, 0.5) is 0 Å². The number of hydrogen-bond acceptors (Lipinski definition) is 4. The maximum absolute atomic E-state index is 11.6. The fourth-order valence-corrected chi connectivity index (χ4v) is 1.44. The van der Waals surface area contributed by atoms with E-state index in [2.05, 4.69) is 15.6 Å². The Morgan fingerprint density at radius 3 is 2.76 bits per heavy atom. The summed E-state index contributed by atoms with van der Waals surface area (Å²) in [6.07, 6.45) is 1.77. The number of H-pyrrole nitrogens is 1. The van der Waals surface area contributed by atoms with Crippen molar-refractivity contribution in [3.8, 4) is 0 Å². The zero-order valence-electron chi connectivity index (χ0n) is 10.5. The summed E-state index contributed by atoms with van der Waals surface area (Å²) in [4.78, 5) is 14.6. The maximum Gasteiger partial charge on any atom is 0.186 e. The van der Waals surface area contributed by atoms with Crippen molar-refractivity contribution in [2.75, 3.05) is 33.4 Å². The van der Waals surface area contributed by atoms with Crippen molar-refractivity contribution >= 4 is 0 Å². The van der Waals surface area contributed by atoms with E-state index in [1.807, 2.05) is 6.92 Å². The molecule has 1 rings (SSSR count). The molecule has 5 heteroatoms. The molecule has 3 N–H and O–H groups in total. The van der Waals surface area contributed by atoms with Crippen LogP contribution in [0.3, 0.4) is 0 Å². The number of methoxy groups -OCH3 is 1. The third-order valence-electron chi connectivity index (χ3n) is 2.42. The molecule has 0 fully saturated rings. The van der Waals surface area contributed by atoms with E-state index in [9.17, 15) is 4.79 Å². The van der Waals surface area contributed by atoms with Gasteiger partial charge in [-0.15, -0.1) is 0 Å². The van der Waals surface area contributed by atoms with Gasteiger partial charge < -0.3 is 20.4 Å². The predicted octanol–water partition coefficient (Wildman–Crippen LogP) is 0.00892. The van der Waals surface area contributed by atoms with Gasteiger partial charge in [0, 0.05) is 56.8 Å². The Labute approximate surface area is 102 Å². The number of aromatic nitrogens is 1. The number of hydrogen-bond donors (Lipinski definition) is 3. The highest BCUT2D eigenvalue weighted by molar-refractivity contribution is 5.13. The van der Waals surface area contributed by atoms with E-state index >= 15 is 0 Å². The molecule has 5 nitrogen and oxygen atoms in total. The second-order valence-electron chi connectivity index (χ2n) is 3.93. The number of aromatic amines is 1. The molecule has 0 amide bonds. The summed E-state index contributed by atoms with van der Waals surface area (Å²) in [5.74, 6) is 0. The summed E-state index contributed by atoms with van der Waals surface area (Å²) < 4.78 is 4.92. The molecule has 0 aliphatic heterocycles. The van der Waals surface area contributed by atoms with Crippen molar-refractivity contribution in [1.82, 2.24) is 15.6 Å². The molecule has 0 unspecified atom stereocenters. The first kappa shape index (κ1) is 13.9. The summed E-state index contributed by atoms with van der Waals surface area (Å²) in [6.45, 7) is 5.74. The average Bonchev–Trinajstić information content (AvgIpc) is 2.30. The van der Waals surface area contributed by atoms with Crippen molar-refractivity contribution in [1.29, 1.82) is 0 Å². The topological polar surface area (TPSA) is 66.2 Å². The van der Waals surface area contributed by atoms with E-state index in [0.29, 0.717) is 6.54 Å². The third-order valence-corrected chi connectivity index (χ3v) is 2.42. The van der Waals surface area contributed by atoms with Gasteiger partial charge in [0.25, 0.3) is 0 Å². The van der Waals surface area contributed by atoms with Gasteiger partial charge in [0.15, 0.2) is 5.43 Å². The Bertz CT molecular complexity index is 376. The van der Waals surface area contributed by atoms with Crippen molar-refractivity contribution < 1.29 is 4.74 Å². The van der Waals surface area contributed by atoms with E-state index in [4.69, 9.17) is 4.74 Å². The zero-order chi connectivity index (χ0) is 12.5. The number of ether oxygens (including phenoxy) is 1. The second-order valence-corrected chi connectivity index (χ2v) is 3.93. The van der Waals surface area contributed by atoms with E-state index in [-0.39, 0.29) is 5.43 Å². The summed E-state index contributed by atoms with van der Waals surface area (Å²) >= 11 is 0. The minimum Gasteiger partial charge on any atom is -0.383 e. The first-order valence-corrected chi connectivity index (χ1v) is 5.82. The van der Waals surface area contributed by atoms with Crippen LogP contribution in [-0.4, -0.2) is 38.3 Å². The van der Waals surface area contributed by atoms with Crippen molar-refractivity contribution in [2.45, 2.75) is 13.5 Å². The van der Waals surface area contributed by atoms with Crippen LogP contribution >= 0.6 is 0 Å². The van der Waals surface area contributed by atoms with E-state index < -0.39 is 0 Å². The maximum atomic E-state index is 11.6. The van der Waals surface area contributed by atoms with E-state index in [0.717, 1.165) is 37.5 Å². The largest absolute Gasteiger partial charge is 0.383 e. The number of rotatable bonds is 8. The Hall–Kier alpha value is -1.17. The molecule has 1 aromatic heterocycles. The minimum absolute atomic E-state index is 0.0843. The molecular weight excluding hydrogens is 218 g/mol. The highest BCUT2D eigenvalue weighted by atomic mass is 16.5. The Kier molecular flexibility index (Phi) is 6.54. The summed E-state index contributed by atoms with van der Waals surface area (Å²) in [7, 11) is 1.68. The molecule has 17 heavy (non-hydrogen) atoms. The lowest BCUT2D eigenvalue weighted by Crippen LogP contribution is -2.30. The van der Waals surface area contributed by atoms with Gasteiger partial charge in [-0.1, -0.05) is 0 Å². The van der Waals surface area contributed by atoms with Crippen LogP contribution < -0.4 is 16.1 Å². The Morgan fingerprint density at radius 2 is 2.06 bits per heavy atom. The second kappa shape index (κ2) is 8.00. The lowest BCUT2D eigenvalue weighted by molar-refractivity contribution is 0.199. The van der Waals surface area contributed by atoms with Crippen LogP contribution in [0.15, 0.2) is 17.1 Å². The quantitative estimate of drug-likeness (QED) is 0.559. The number of nitrogens with one attached hydrogen (secondary N) is 3. The average molecular weight is 239 g/mol. The van der Waals surface area contributed by atoms with Crippen molar-refractivity contribution in [2.24, 2.45) is 0 Å². The first-order valence-electron chi connectivity index (χ1n) is 5.82.